The van der Waals surface area contributed by atoms with Crippen LogP contribution >= 0.6 is 0 Å². The van der Waals surface area contributed by atoms with Crippen LogP contribution in [0.2, 0.25) is 0 Å². The maximum Gasteiger partial charge on any atom is 0.244 e. The van der Waals surface area contributed by atoms with Crippen molar-refractivity contribution < 1.29 is 9.53 Å². The Morgan fingerprint density at radius 2 is 1.89 bits per heavy atom. The summed E-state index contributed by atoms with van der Waals surface area (Å²) in [7, 11) is 0. The Balaban J connectivity index is 1.59. The summed E-state index contributed by atoms with van der Waals surface area (Å²) in [5.74, 6) is 0.716. The average molecular weight is 368 g/mol. The Bertz CT molecular complexity index is 752. The van der Waals surface area contributed by atoms with Crippen molar-refractivity contribution in [2.24, 2.45) is 5.73 Å². The lowest BCUT2D eigenvalue weighted by atomic mass is 9.92. The molecule has 27 heavy (non-hydrogen) atoms. The van der Waals surface area contributed by atoms with Gasteiger partial charge < -0.3 is 20.7 Å². The van der Waals surface area contributed by atoms with E-state index in [4.69, 9.17) is 10.5 Å². The van der Waals surface area contributed by atoms with Crippen LogP contribution < -0.4 is 16.0 Å². The van der Waals surface area contributed by atoms with E-state index in [2.05, 4.69) is 29.0 Å². The summed E-state index contributed by atoms with van der Waals surface area (Å²) < 4.78 is 5.77. The molecular weight excluding hydrogens is 340 g/mol. The van der Waals surface area contributed by atoms with Crippen molar-refractivity contribution in [2.45, 2.75) is 45.1 Å². The van der Waals surface area contributed by atoms with Crippen LogP contribution in [0.3, 0.4) is 0 Å². The van der Waals surface area contributed by atoms with Crippen LogP contribution in [-0.2, 0) is 21.6 Å². The SMILES string of the molecule is CC1CN(c2ccc(CNC(=O)C(C)(N)c3ccccc3)cn2)CC(C)O1. The first-order valence-corrected chi connectivity index (χ1v) is 9.34. The van der Waals surface area contributed by atoms with Gasteiger partial charge in [-0.1, -0.05) is 36.4 Å². The number of aromatic nitrogens is 1. The Morgan fingerprint density at radius 3 is 2.48 bits per heavy atom. The first-order chi connectivity index (χ1) is 12.9. The van der Waals surface area contributed by atoms with E-state index >= 15 is 0 Å². The molecule has 1 fully saturated rings. The van der Waals surface area contributed by atoms with Crippen molar-refractivity contribution in [1.29, 1.82) is 0 Å². The van der Waals surface area contributed by atoms with Crippen LogP contribution in [-0.4, -0.2) is 36.2 Å². The first kappa shape index (κ1) is 19.3. The predicted molar refractivity (Wildman–Crippen MR) is 106 cm³/mol. The van der Waals surface area contributed by atoms with Gasteiger partial charge in [-0.05, 0) is 38.0 Å². The molecule has 0 spiro atoms. The zero-order valence-corrected chi connectivity index (χ0v) is 16.2. The third-order valence-corrected chi connectivity index (χ3v) is 4.85. The highest BCUT2D eigenvalue weighted by molar-refractivity contribution is 5.86. The molecule has 2 aromatic rings. The number of hydrogen-bond acceptors (Lipinski definition) is 5. The zero-order chi connectivity index (χ0) is 19.4. The van der Waals surface area contributed by atoms with Crippen molar-refractivity contribution in [3.05, 3.63) is 59.8 Å². The molecule has 0 bridgehead atoms. The van der Waals surface area contributed by atoms with Crippen molar-refractivity contribution in [3.8, 4) is 0 Å². The highest BCUT2D eigenvalue weighted by Gasteiger charge is 2.30. The summed E-state index contributed by atoms with van der Waals surface area (Å²) in [6.07, 6.45) is 2.18. The Morgan fingerprint density at radius 1 is 1.22 bits per heavy atom. The fourth-order valence-electron chi connectivity index (χ4n) is 3.35. The van der Waals surface area contributed by atoms with Crippen molar-refractivity contribution in [2.75, 3.05) is 18.0 Å². The summed E-state index contributed by atoms with van der Waals surface area (Å²) in [5, 5.41) is 2.91. The summed E-state index contributed by atoms with van der Waals surface area (Å²) >= 11 is 0. The number of nitrogens with zero attached hydrogens (tertiary/aromatic N) is 2. The van der Waals surface area contributed by atoms with Gasteiger partial charge in [0, 0.05) is 25.8 Å². The van der Waals surface area contributed by atoms with Crippen molar-refractivity contribution in [1.82, 2.24) is 10.3 Å². The fourth-order valence-corrected chi connectivity index (χ4v) is 3.35. The molecule has 144 valence electrons. The maximum absolute atomic E-state index is 12.5. The fraction of sp³-hybridized carbons (Fsp3) is 0.429. The highest BCUT2D eigenvalue weighted by Crippen LogP contribution is 2.19. The van der Waals surface area contributed by atoms with E-state index in [0.717, 1.165) is 30.0 Å². The second kappa shape index (κ2) is 8.06. The summed E-state index contributed by atoms with van der Waals surface area (Å²) in [6.45, 7) is 7.92. The zero-order valence-electron chi connectivity index (χ0n) is 16.2. The molecule has 0 aliphatic carbocycles. The second-order valence-corrected chi connectivity index (χ2v) is 7.44. The Labute approximate surface area is 160 Å². The van der Waals surface area contributed by atoms with Gasteiger partial charge in [0.15, 0.2) is 0 Å². The molecule has 1 saturated heterocycles. The third kappa shape index (κ3) is 4.64. The predicted octanol–water partition coefficient (Wildman–Crippen LogP) is 2.19. The number of carbonyl (C=O) groups is 1. The molecule has 2 heterocycles. The van der Waals surface area contributed by atoms with Crippen LogP contribution in [0.1, 0.15) is 31.9 Å². The van der Waals surface area contributed by atoms with Gasteiger partial charge in [-0.25, -0.2) is 4.98 Å². The third-order valence-electron chi connectivity index (χ3n) is 4.85. The molecule has 6 nitrogen and oxygen atoms in total. The monoisotopic (exact) mass is 368 g/mol. The number of amides is 1. The minimum atomic E-state index is -1.07. The molecule has 1 aromatic heterocycles. The van der Waals surface area contributed by atoms with Crippen LogP contribution in [0.4, 0.5) is 5.82 Å². The first-order valence-electron chi connectivity index (χ1n) is 9.34. The molecule has 0 radical (unpaired) electrons. The Kier molecular flexibility index (Phi) is 5.77. The number of rotatable bonds is 5. The lowest BCUT2D eigenvalue weighted by Gasteiger charge is -2.36. The molecule has 3 atom stereocenters. The van der Waals surface area contributed by atoms with Gasteiger partial charge >= 0.3 is 0 Å². The molecule has 3 rings (SSSR count). The molecule has 1 aliphatic rings. The largest absolute Gasteiger partial charge is 0.372 e. The number of nitrogens with one attached hydrogen (secondary N) is 1. The average Bonchev–Trinajstić information content (AvgIpc) is 2.66. The number of ether oxygens (including phenoxy) is 1. The number of benzene rings is 1. The smallest absolute Gasteiger partial charge is 0.244 e. The van der Waals surface area contributed by atoms with E-state index in [1.54, 1.807) is 13.1 Å². The van der Waals surface area contributed by atoms with Gasteiger partial charge in [0.25, 0.3) is 0 Å². The molecule has 1 amide bonds. The van der Waals surface area contributed by atoms with Gasteiger partial charge in [0.05, 0.1) is 12.2 Å². The molecule has 0 saturated carbocycles. The van der Waals surface area contributed by atoms with Gasteiger partial charge in [0.2, 0.25) is 5.91 Å². The van der Waals surface area contributed by atoms with E-state index in [0.29, 0.717) is 6.54 Å². The van der Waals surface area contributed by atoms with Crippen LogP contribution in [0.15, 0.2) is 48.7 Å². The maximum atomic E-state index is 12.5. The molecule has 6 heteroatoms. The van der Waals surface area contributed by atoms with Crippen LogP contribution in [0.5, 0.6) is 0 Å². The molecule has 1 aromatic carbocycles. The van der Waals surface area contributed by atoms with E-state index in [1.165, 1.54) is 0 Å². The van der Waals surface area contributed by atoms with Crippen molar-refractivity contribution in [3.63, 3.8) is 0 Å². The molecule has 3 N–H and O–H groups in total. The van der Waals surface area contributed by atoms with Gasteiger partial charge in [-0.15, -0.1) is 0 Å². The number of carbonyl (C=O) groups excluding carboxylic acids is 1. The number of pyridine rings is 1. The number of hydrogen-bond donors (Lipinski definition) is 2. The number of nitrogens with two attached hydrogens (primary N) is 1. The standard InChI is InChI=1S/C21H28N4O2/c1-15-13-25(14-16(2)27-15)19-10-9-17(11-23-19)12-24-20(26)21(3,22)18-7-5-4-6-8-18/h4-11,15-16H,12-14,22H2,1-3H3,(H,24,26). The van der Waals surface area contributed by atoms with Crippen LogP contribution in [0.25, 0.3) is 0 Å². The Hall–Kier alpha value is -2.44. The minimum absolute atomic E-state index is 0.190. The number of anilines is 1. The molecule has 1 aliphatic heterocycles. The van der Waals surface area contributed by atoms with Gasteiger partial charge in [-0.3, -0.25) is 4.79 Å². The van der Waals surface area contributed by atoms with E-state index in [-0.39, 0.29) is 18.1 Å². The molecule has 3 unspecified atom stereocenters. The lowest BCUT2D eigenvalue weighted by Crippen LogP contribution is -2.48. The van der Waals surface area contributed by atoms with E-state index in [9.17, 15) is 4.79 Å². The summed E-state index contributed by atoms with van der Waals surface area (Å²) in [4.78, 5) is 19.3. The lowest BCUT2D eigenvalue weighted by molar-refractivity contribution is -0.126. The van der Waals surface area contributed by atoms with Crippen molar-refractivity contribution >= 4 is 11.7 Å². The summed E-state index contributed by atoms with van der Waals surface area (Å²) in [5.41, 5.74) is 6.89. The van der Waals surface area contributed by atoms with Crippen LogP contribution in [0, 0.1) is 0 Å². The topological polar surface area (TPSA) is 80.5 Å². The second-order valence-electron chi connectivity index (χ2n) is 7.44. The normalized spacial score (nSPS) is 22.1. The minimum Gasteiger partial charge on any atom is -0.372 e. The quantitative estimate of drug-likeness (QED) is 0.846. The highest BCUT2D eigenvalue weighted by atomic mass is 16.5. The summed E-state index contributed by atoms with van der Waals surface area (Å²) in [6, 6.07) is 13.4. The van der Waals surface area contributed by atoms with Gasteiger partial charge in [0.1, 0.15) is 11.4 Å². The molecular formula is C21H28N4O2. The van der Waals surface area contributed by atoms with E-state index < -0.39 is 5.54 Å². The van der Waals surface area contributed by atoms with E-state index in [1.807, 2.05) is 42.5 Å². The number of morpholine rings is 1. The van der Waals surface area contributed by atoms with Gasteiger partial charge in [-0.2, -0.15) is 0 Å².